The first kappa shape index (κ1) is 9.59. The van der Waals surface area contributed by atoms with Crippen LogP contribution in [0, 0.1) is 0 Å². The average molecular weight is 208 g/mol. The third-order valence-electron chi connectivity index (χ3n) is 2.36. The molecule has 1 aromatic rings. The van der Waals surface area contributed by atoms with Crippen molar-refractivity contribution in [1.82, 2.24) is 0 Å². The number of hydrogen-bond donors (Lipinski definition) is 1. The molecule has 1 aromatic carbocycles. The van der Waals surface area contributed by atoms with E-state index in [2.05, 4.69) is 6.07 Å². The van der Waals surface area contributed by atoms with Crippen LogP contribution in [0.15, 0.2) is 23.1 Å². The van der Waals surface area contributed by atoms with Crippen molar-refractivity contribution in [2.45, 2.75) is 24.2 Å². The molecule has 3 heteroatoms. The van der Waals surface area contributed by atoms with Gasteiger partial charge in [0.05, 0.1) is 6.42 Å². The van der Waals surface area contributed by atoms with Crippen LogP contribution in [0.4, 0.5) is 0 Å². The second-order valence-electron chi connectivity index (χ2n) is 3.43. The molecule has 2 rings (SSSR count). The van der Waals surface area contributed by atoms with E-state index in [1.165, 1.54) is 16.9 Å². The predicted octanol–water partition coefficient (Wildman–Crippen LogP) is 2.35. The predicted molar refractivity (Wildman–Crippen MR) is 56.8 cm³/mol. The monoisotopic (exact) mass is 208 g/mol. The number of aryl methyl sites for hydroxylation is 1. The Morgan fingerprint density at radius 2 is 2.36 bits per heavy atom. The molecule has 0 aromatic heterocycles. The molecule has 0 atom stereocenters. The molecular weight excluding hydrogens is 196 g/mol. The molecule has 0 saturated carbocycles. The summed E-state index contributed by atoms with van der Waals surface area (Å²) in [7, 11) is 0. The molecule has 0 amide bonds. The number of carboxylic acids is 1. The maximum atomic E-state index is 10.6. The minimum Gasteiger partial charge on any atom is -0.481 e. The number of rotatable bonds is 2. The van der Waals surface area contributed by atoms with E-state index in [0.29, 0.717) is 0 Å². The van der Waals surface area contributed by atoms with Crippen molar-refractivity contribution in [2.24, 2.45) is 0 Å². The molecule has 0 unspecified atom stereocenters. The molecule has 1 heterocycles. The standard InChI is InChI=1S/C11H12O2S/c12-10(13)7-9-4-1-3-8-5-2-6-14-11(8)9/h1,3-4H,2,5-7H2,(H,12,13). The largest absolute Gasteiger partial charge is 0.481 e. The summed E-state index contributed by atoms with van der Waals surface area (Å²) in [6.45, 7) is 0. The van der Waals surface area contributed by atoms with Gasteiger partial charge >= 0.3 is 5.97 Å². The second-order valence-corrected chi connectivity index (χ2v) is 4.53. The number of carbonyl (C=O) groups is 1. The van der Waals surface area contributed by atoms with Crippen molar-refractivity contribution in [1.29, 1.82) is 0 Å². The van der Waals surface area contributed by atoms with E-state index in [1.807, 2.05) is 12.1 Å². The van der Waals surface area contributed by atoms with Gasteiger partial charge in [0.1, 0.15) is 0 Å². The van der Waals surface area contributed by atoms with Crippen LogP contribution in [0.3, 0.4) is 0 Å². The van der Waals surface area contributed by atoms with Gasteiger partial charge in [-0.05, 0) is 29.7 Å². The molecule has 1 N–H and O–H groups in total. The van der Waals surface area contributed by atoms with Crippen LogP contribution >= 0.6 is 11.8 Å². The summed E-state index contributed by atoms with van der Waals surface area (Å²) in [5, 5.41) is 8.76. The third-order valence-corrected chi connectivity index (χ3v) is 3.66. The van der Waals surface area contributed by atoms with Gasteiger partial charge < -0.3 is 5.11 Å². The van der Waals surface area contributed by atoms with Gasteiger partial charge in [-0.2, -0.15) is 0 Å². The fourth-order valence-corrected chi connectivity index (χ4v) is 2.93. The van der Waals surface area contributed by atoms with Gasteiger partial charge in [0.25, 0.3) is 0 Å². The van der Waals surface area contributed by atoms with E-state index in [-0.39, 0.29) is 6.42 Å². The smallest absolute Gasteiger partial charge is 0.307 e. The molecule has 0 fully saturated rings. The Morgan fingerprint density at radius 3 is 3.14 bits per heavy atom. The Hall–Kier alpha value is -0.960. The zero-order valence-corrected chi connectivity index (χ0v) is 8.64. The SMILES string of the molecule is O=C(O)Cc1cccc2c1SCCC2. The van der Waals surface area contributed by atoms with Crippen LogP contribution in [0.5, 0.6) is 0 Å². The molecule has 14 heavy (non-hydrogen) atoms. The quantitative estimate of drug-likeness (QED) is 0.810. The lowest BCUT2D eigenvalue weighted by Gasteiger charge is -2.17. The van der Waals surface area contributed by atoms with Crippen LogP contribution in [-0.2, 0) is 17.6 Å². The Morgan fingerprint density at radius 1 is 1.50 bits per heavy atom. The summed E-state index contributed by atoms with van der Waals surface area (Å²) in [6.07, 6.45) is 2.44. The van der Waals surface area contributed by atoms with Crippen molar-refractivity contribution >= 4 is 17.7 Å². The number of thioether (sulfide) groups is 1. The summed E-state index contributed by atoms with van der Waals surface area (Å²) < 4.78 is 0. The van der Waals surface area contributed by atoms with E-state index in [9.17, 15) is 4.79 Å². The third kappa shape index (κ3) is 1.93. The minimum atomic E-state index is -0.746. The Kier molecular flexibility index (Phi) is 2.77. The van der Waals surface area contributed by atoms with Crippen LogP contribution < -0.4 is 0 Å². The average Bonchev–Trinajstić information content (AvgIpc) is 2.18. The molecule has 0 spiro atoms. The zero-order valence-electron chi connectivity index (χ0n) is 7.82. The van der Waals surface area contributed by atoms with E-state index < -0.39 is 5.97 Å². The lowest BCUT2D eigenvalue weighted by atomic mass is 10.0. The van der Waals surface area contributed by atoms with Crippen LogP contribution in [-0.4, -0.2) is 16.8 Å². The zero-order chi connectivity index (χ0) is 9.97. The van der Waals surface area contributed by atoms with Crippen molar-refractivity contribution in [3.63, 3.8) is 0 Å². The van der Waals surface area contributed by atoms with Gasteiger partial charge in [-0.25, -0.2) is 0 Å². The Bertz CT molecular complexity index is 360. The summed E-state index contributed by atoms with van der Waals surface area (Å²) in [5.74, 6) is 0.369. The molecule has 0 radical (unpaired) electrons. The lowest BCUT2D eigenvalue weighted by Crippen LogP contribution is -2.06. The lowest BCUT2D eigenvalue weighted by molar-refractivity contribution is -0.136. The van der Waals surface area contributed by atoms with E-state index >= 15 is 0 Å². The van der Waals surface area contributed by atoms with Crippen molar-refractivity contribution in [3.8, 4) is 0 Å². The van der Waals surface area contributed by atoms with Gasteiger partial charge in [0.2, 0.25) is 0 Å². The molecule has 2 nitrogen and oxygen atoms in total. The summed E-state index contributed by atoms with van der Waals surface area (Å²) in [5.41, 5.74) is 2.29. The highest BCUT2D eigenvalue weighted by Gasteiger charge is 2.14. The highest BCUT2D eigenvalue weighted by Crippen LogP contribution is 2.33. The van der Waals surface area contributed by atoms with Gasteiger partial charge in [-0.1, -0.05) is 18.2 Å². The molecule has 74 valence electrons. The highest BCUT2D eigenvalue weighted by atomic mass is 32.2. The van der Waals surface area contributed by atoms with Gasteiger partial charge in [0, 0.05) is 4.90 Å². The van der Waals surface area contributed by atoms with E-state index in [0.717, 1.165) is 17.7 Å². The Labute approximate surface area is 87.3 Å². The fourth-order valence-electron chi connectivity index (χ4n) is 1.76. The Balaban J connectivity index is 2.35. The summed E-state index contributed by atoms with van der Waals surface area (Å²) >= 11 is 1.79. The topological polar surface area (TPSA) is 37.3 Å². The minimum absolute atomic E-state index is 0.149. The molecule has 0 aliphatic carbocycles. The van der Waals surface area contributed by atoms with E-state index in [1.54, 1.807) is 11.8 Å². The number of hydrogen-bond acceptors (Lipinski definition) is 2. The van der Waals surface area contributed by atoms with Crippen molar-refractivity contribution in [2.75, 3.05) is 5.75 Å². The van der Waals surface area contributed by atoms with Crippen LogP contribution in [0.25, 0.3) is 0 Å². The van der Waals surface area contributed by atoms with Gasteiger partial charge in [-0.15, -0.1) is 11.8 Å². The number of aliphatic carboxylic acids is 1. The van der Waals surface area contributed by atoms with Gasteiger partial charge in [0.15, 0.2) is 0 Å². The van der Waals surface area contributed by atoms with Crippen LogP contribution in [0.2, 0.25) is 0 Å². The normalized spacial score (nSPS) is 14.9. The summed E-state index contributed by atoms with van der Waals surface area (Å²) in [6, 6.07) is 5.99. The van der Waals surface area contributed by atoms with Crippen LogP contribution in [0.1, 0.15) is 17.5 Å². The van der Waals surface area contributed by atoms with E-state index in [4.69, 9.17) is 5.11 Å². The maximum Gasteiger partial charge on any atom is 0.307 e. The number of benzene rings is 1. The maximum absolute atomic E-state index is 10.6. The number of carboxylic acid groups (broad SMARTS) is 1. The highest BCUT2D eigenvalue weighted by molar-refractivity contribution is 7.99. The fraction of sp³-hybridized carbons (Fsp3) is 0.364. The molecule has 1 aliphatic heterocycles. The van der Waals surface area contributed by atoms with Crippen molar-refractivity contribution < 1.29 is 9.90 Å². The molecular formula is C11H12O2S. The number of fused-ring (bicyclic) bond motifs is 1. The first-order valence-corrected chi connectivity index (χ1v) is 5.71. The molecule has 0 saturated heterocycles. The first-order valence-electron chi connectivity index (χ1n) is 4.73. The molecule has 1 aliphatic rings. The van der Waals surface area contributed by atoms with Crippen molar-refractivity contribution in [3.05, 3.63) is 29.3 Å². The summed E-state index contributed by atoms with van der Waals surface area (Å²) in [4.78, 5) is 11.9. The van der Waals surface area contributed by atoms with Gasteiger partial charge in [-0.3, -0.25) is 4.79 Å². The first-order chi connectivity index (χ1) is 6.77. The second kappa shape index (κ2) is 4.05. The molecule has 0 bridgehead atoms.